The van der Waals surface area contributed by atoms with Crippen molar-refractivity contribution in [2.75, 3.05) is 39.6 Å². The number of esters is 3. The Morgan fingerprint density at radius 2 is 0.505 bits per heavy atom. The van der Waals surface area contributed by atoms with Crippen LogP contribution >= 0.6 is 15.6 Å². The lowest BCUT2D eigenvalue weighted by Gasteiger charge is -2.21. The van der Waals surface area contributed by atoms with Crippen molar-refractivity contribution in [1.82, 2.24) is 0 Å². The minimum Gasteiger partial charge on any atom is -0.463 e. The van der Waals surface area contributed by atoms with Crippen LogP contribution in [-0.2, 0) is 55.8 Å². The van der Waals surface area contributed by atoms with Gasteiger partial charge in [0.1, 0.15) is 25.4 Å². The average Bonchev–Trinajstić information content (AvgIpc) is 0.942. The summed E-state index contributed by atoms with van der Waals surface area (Å²) < 4.78 is 61.2. The molecule has 4 N–H and O–H groups in total. The quantitative estimate of drug-likeness (QED) is 0.0146. The first-order chi connectivity index (χ1) is 51.2. The van der Waals surface area contributed by atoms with E-state index in [-0.39, 0.29) is 19.3 Å². The van der Waals surface area contributed by atoms with E-state index in [4.69, 9.17) is 32.3 Å². The highest BCUT2D eigenvalue weighted by molar-refractivity contribution is 7.47. The topological polar surface area (TPSA) is 231 Å². The van der Waals surface area contributed by atoms with E-state index >= 15 is 0 Å². The number of unbranched alkanes of at least 4 members (excludes halogenated alkanes) is 33. The van der Waals surface area contributed by atoms with E-state index in [1.54, 1.807) is 0 Å². The van der Waals surface area contributed by atoms with Crippen LogP contribution in [0.25, 0.3) is 0 Å². The normalized spacial score (nSPS) is 14.6. The van der Waals surface area contributed by atoms with Gasteiger partial charge in [0.15, 0.2) is 6.10 Å². The molecule has 0 aliphatic carbocycles. The summed E-state index contributed by atoms with van der Waals surface area (Å²) in [5, 5.41) is 20.7. The van der Waals surface area contributed by atoms with Gasteiger partial charge in [0.2, 0.25) is 0 Å². The molecule has 0 saturated carbocycles. The summed E-state index contributed by atoms with van der Waals surface area (Å²) in [4.78, 5) is 58.7. The van der Waals surface area contributed by atoms with Gasteiger partial charge >= 0.3 is 33.6 Å². The number of carbonyl (C=O) groups excluding carboxylic acids is 3. The molecule has 0 aliphatic heterocycles. The van der Waals surface area contributed by atoms with Crippen LogP contribution in [0.1, 0.15) is 342 Å². The van der Waals surface area contributed by atoms with Crippen LogP contribution in [0, 0.1) is 0 Å². The largest absolute Gasteiger partial charge is 0.472 e. The fraction of sp³-hybridized carbons (Fsp3) is 0.713. The van der Waals surface area contributed by atoms with Gasteiger partial charge in [-0.15, -0.1) is 0 Å². The fourth-order valence-corrected chi connectivity index (χ4v) is 12.6. The van der Waals surface area contributed by atoms with E-state index < -0.39 is 91.5 Å². The third-order valence-corrected chi connectivity index (χ3v) is 19.2. The molecule has 105 heavy (non-hydrogen) atoms. The molecule has 0 aromatic carbocycles. The number of aliphatic hydroxyl groups is 2. The maximum absolute atomic E-state index is 13.0. The fourth-order valence-electron chi connectivity index (χ4n) is 11.0. The Morgan fingerprint density at radius 3 is 0.800 bits per heavy atom. The van der Waals surface area contributed by atoms with E-state index in [0.717, 1.165) is 161 Å². The van der Waals surface area contributed by atoms with Crippen LogP contribution < -0.4 is 0 Å². The molecule has 5 atom stereocenters. The number of phosphoric ester groups is 2. The zero-order chi connectivity index (χ0) is 76.6. The number of allylic oxidation sites excluding steroid dienone is 22. The zero-order valence-corrected chi connectivity index (χ0v) is 67.9. The number of aliphatic hydroxyl groups excluding tert-OH is 2. The Hall–Kier alpha value is -4.31. The Bertz CT molecular complexity index is 2440. The second kappa shape index (κ2) is 79.2. The highest BCUT2D eigenvalue weighted by atomic mass is 31.2. The molecular formula is C87H150O16P2. The third kappa shape index (κ3) is 80.5. The number of phosphoric acid groups is 2. The maximum Gasteiger partial charge on any atom is 0.472 e. The summed E-state index contributed by atoms with van der Waals surface area (Å²) in [5.74, 6) is -1.60. The number of carbonyl (C=O) groups is 3. The second-order valence-electron chi connectivity index (χ2n) is 27.5. The average molecular weight is 1510 g/mol. The van der Waals surface area contributed by atoms with Gasteiger partial charge in [0.05, 0.1) is 26.4 Å². The van der Waals surface area contributed by atoms with Crippen LogP contribution in [0.3, 0.4) is 0 Å². The van der Waals surface area contributed by atoms with Crippen molar-refractivity contribution in [3.63, 3.8) is 0 Å². The Labute approximate surface area is 639 Å². The molecule has 0 spiro atoms. The van der Waals surface area contributed by atoms with Crippen LogP contribution in [-0.4, -0.2) is 95.9 Å². The number of hydrogen-bond donors (Lipinski definition) is 4. The van der Waals surface area contributed by atoms with E-state index in [2.05, 4.69) is 154 Å². The molecule has 0 fully saturated rings. The van der Waals surface area contributed by atoms with Gasteiger partial charge in [0, 0.05) is 19.3 Å². The first kappa shape index (κ1) is 101. The number of ether oxygens (including phenoxy) is 3. The molecule has 604 valence electrons. The van der Waals surface area contributed by atoms with Gasteiger partial charge in [0.25, 0.3) is 0 Å². The van der Waals surface area contributed by atoms with Crippen molar-refractivity contribution in [1.29, 1.82) is 0 Å². The summed E-state index contributed by atoms with van der Waals surface area (Å²) >= 11 is 0. The van der Waals surface area contributed by atoms with E-state index in [1.807, 2.05) is 0 Å². The molecule has 0 rings (SSSR count). The van der Waals surface area contributed by atoms with E-state index in [1.165, 1.54) is 122 Å². The van der Waals surface area contributed by atoms with Crippen molar-refractivity contribution in [3.8, 4) is 0 Å². The first-order valence-electron chi connectivity index (χ1n) is 41.5. The van der Waals surface area contributed by atoms with Crippen LogP contribution in [0.15, 0.2) is 134 Å². The molecule has 0 aliphatic rings. The SMILES string of the molecule is CC/C=C\C/C=C\C/C=C\C/C=C\C/C=C\C/C=C\CCCCCCCCCCCCCCCCCCC(=O)OCC(O)COP(=O)(O)OCC(O)COP(=O)(O)OCC(COC(=O)CCCCCCCC/C=C\C/C=C\C/C=C\CCCCC)OC(=O)CCCCCCC/C=C\C/C=C\CCCCC. The van der Waals surface area contributed by atoms with Gasteiger partial charge in [-0.1, -0.05) is 315 Å². The van der Waals surface area contributed by atoms with Gasteiger partial charge in [-0.2, -0.15) is 0 Å². The molecule has 16 nitrogen and oxygen atoms in total. The lowest BCUT2D eigenvalue weighted by atomic mass is 10.0. The monoisotopic (exact) mass is 1510 g/mol. The Balaban J connectivity index is 4.42. The van der Waals surface area contributed by atoms with Gasteiger partial charge in [-0.25, -0.2) is 9.13 Å². The summed E-state index contributed by atoms with van der Waals surface area (Å²) in [6, 6.07) is 0. The highest BCUT2D eigenvalue weighted by Crippen LogP contribution is 2.45. The van der Waals surface area contributed by atoms with E-state index in [0.29, 0.717) is 19.3 Å². The molecule has 0 amide bonds. The van der Waals surface area contributed by atoms with E-state index in [9.17, 15) is 43.5 Å². The lowest BCUT2D eigenvalue weighted by Crippen LogP contribution is -2.30. The van der Waals surface area contributed by atoms with Gasteiger partial charge < -0.3 is 34.2 Å². The molecule has 0 radical (unpaired) electrons. The zero-order valence-electron chi connectivity index (χ0n) is 66.1. The first-order valence-corrected chi connectivity index (χ1v) is 44.5. The van der Waals surface area contributed by atoms with Crippen LogP contribution in [0.5, 0.6) is 0 Å². The molecule has 0 bridgehead atoms. The van der Waals surface area contributed by atoms with Crippen molar-refractivity contribution in [2.24, 2.45) is 0 Å². The molecule has 0 saturated heterocycles. The lowest BCUT2D eigenvalue weighted by molar-refractivity contribution is -0.161. The highest BCUT2D eigenvalue weighted by Gasteiger charge is 2.29. The Morgan fingerprint density at radius 1 is 0.276 bits per heavy atom. The summed E-state index contributed by atoms with van der Waals surface area (Å²) in [6.07, 6.45) is 96.5. The molecule has 0 heterocycles. The summed E-state index contributed by atoms with van der Waals surface area (Å²) in [7, 11) is -9.80. The molecule has 5 unspecified atom stereocenters. The minimum absolute atomic E-state index is 0.0844. The smallest absolute Gasteiger partial charge is 0.463 e. The minimum atomic E-state index is -4.94. The Kier molecular flexibility index (Phi) is 76.0. The standard InChI is InChI=1S/C87H150O16P2/c1-4-7-10-13-16-19-22-25-28-30-32-33-34-35-36-37-38-39-40-41-42-43-44-45-46-47-49-51-53-55-58-61-64-67-70-73-85(90)97-76-82(88)77-99-104(93,94)100-78-83(89)79-101-105(95,96)102-81-84(103-87(92)75-72-69-66-63-60-57-52-27-24-21-18-15-12-9-6-3)80-98-86(91)74-71-68-65-62-59-56-54-50-48-31-29-26-23-20-17-14-11-8-5-2/h7,10,16-21,25-29,32-33,35-36,38-39,48,50,52,82-84,88-89H,4-6,8-9,11-15,22-24,30-31,34,37,40-47,49,51,53-81H2,1-3H3,(H,93,94)(H,95,96)/b10-7-,19-16-,20-17-,21-18-,28-25-,29-26-,33-32-,36-35-,39-38-,50-48-,52-27-. The molecule has 0 aromatic heterocycles. The predicted octanol–water partition coefficient (Wildman–Crippen LogP) is 24.7. The molecular weight excluding hydrogens is 1360 g/mol. The van der Waals surface area contributed by atoms with Crippen molar-refractivity contribution in [2.45, 2.75) is 360 Å². The number of rotatable bonds is 78. The molecule has 18 heteroatoms. The maximum atomic E-state index is 13.0. The van der Waals surface area contributed by atoms with Crippen molar-refractivity contribution in [3.05, 3.63) is 134 Å². The summed E-state index contributed by atoms with van der Waals surface area (Å²) in [6.45, 7) is 2.50. The van der Waals surface area contributed by atoms with Crippen molar-refractivity contribution >= 4 is 33.6 Å². The second-order valence-corrected chi connectivity index (χ2v) is 30.4. The molecule has 0 aromatic rings. The van der Waals surface area contributed by atoms with Crippen LogP contribution in [0.2, 0.25) is 0 Å². The number of hydrogen-bond acceptors (Lipinski definition) is 14. The van der Waals surface area contributed by atoms with Crippen LogP contribution in [0.4, 0.5) is 0 Å². The third-order valence-electron chi connectivity index (χ3n) is 17.3. The van der Waals surface area contributed by atoms with Gasteiger partial charge in [-0.3, -0.25) is 32.5 Å². The predicted molar refractivity (Wildman–Crippen MR) is 436 cm³/mol. The van der Waals surface area contributed by atoms with Crippen molar-refractivity contribution < 1.29 is 75.8 Å². The summed E-state index contributed by atoms with van der Waals surface area (Å²) in [5.41, 5.74) is 0. The van der Waals surface area contributed by atoms with Gasteiger partial charge in [-0.05, 0) is 141 Å².